The van der Waals surface area contributed by atoms with Crippen LogP contribution in [0.5, 0.6) is 0 Å². The number of benzene rings is 2. The molecular weight excluding hydrogens is 374 g/mol. The molecule has 1 aliphatic heterocycles. The zero-order valence-corrected chi connectivity index (χ0v) is 18.7. The molecule has 1 spiro atoms. The van der Waals surface area contributed by atoms with Crippen molar-refractivity contribution < 1.29 is 0 Å². The first-order chi connectivity index (χ1) is 13.8. The van der Waals surface area contributed by atoms with Gasteiger partial charge in [-0.15, -0.1) is 0 Å². The lowest BCUT2D eigenvalue weighted by Gasteiger charge is -2.47. The molecular formula is C25H31N3S. The van der Waals surface area contributed by atoms with Crippen LogP contribution in [0.4, 0.5) is 11.4 Å². The van der Waals surface area contributed by atoms with Crippen molar-refractivity contribution in [1.82, 2.24) is 0 Å². The third kappa shape index (κ3) is 3.71. The summed E-state index contributed by atoms with van der Waals surface area (Å²) >= 11 is 5.80. The molecule has 152 valence electrons. The summed E-state index contributed by atoms with van der Waals surface area (Å²) in [6.45, 7) is 9.23. The largest absolute Gasteiger partial charge is 0.341 e. The number of aryl methyl sites for hydroxylation is 1. The van der Waals surface area contributed by atoms with Crippen molar-refractivity contribution in [1.29, 1.82) is 0 Å². The first-order valence-corrected chi connectivity index (χ1v) is 11.0. The number of para-hydroxylation sites is 2. The zero-order valence-electron chi connectivity index (χ0n) is 17.9. The van der Waals surface area contributed by atoms with E-state index in [1.54, 1.807) is 0 Å². The van der Waals surface area contributed by atoms with E-state index in [2.05, 4.69) is 92.5 Å². The Balaban J connectivity index is 1.72. The van der Waals surface area contributed by atoms with Crippen molar-refractivity contribution in [2.45, 2.75) is 58.9 Å². The van der Waals surface area contributed by atoms with Crippen LogP contribution in [0, 0.1) is 18.3 Å². The Morgan fingerprint density at radius 3 is 2.24 bits per heavy atom. The van der Waals surface area contributed by atoms with E-state index >= 15 is 0 Å². The molecule has 1 saturated carbocycles. The van der Waals surface area contributed by atoms with Crippen LogP contribution < -0.4 is 10.2 Å². The summed E-state index contributed by atoms with van der Waals surface area (Å²) in [7, 11) is 0. The van der Waals surface area contributed by atoms with E-state index in [-0.39, 0.29) is 5.54 Å². The van der Waals surface area contributed by atoms with Gasteiger partial charge in [-0.05, 0) is 79.9 Å². The van der Waals surface area contributed by atoms with Crippen molar-refractivity contribution in [2.75, 3.05) is 10.2 Å². The Hall–Kier alpha value is -2.20. The number of hydrogen-bond donors (Lipinski definition) is 1. The highest BCUT2D eigenvalue weighted by Crippen LogP contribution is 2.47. The van der Waals surface area contributed by atoms with Crippen LogP contribution in [0.25, 0.3) is 0 Å². The molecule has 0 saturated heterocycles. The van der Waals surface area contributed by atoms with E-state index in [9.17, 15) is 0 Å². The standard InChI is InChI=1S/C25H31N3S/c1-18-10-8-9-13-21(18)26-22-25(16-14-19(15-17-25)24(2,3)4)28(23(29)27-22)20-11-6-5-7-12-20/h5-13,19H,14-17H2,1-4H3,(H,26,27,29). The minimum absolute atomic E-state index is 0.192. The smallest absolute Gasteiger partial charge is 0.202 e. The van der Waals surface area contributed by atoms with E-state index in [1.165, 1.54) is 18.4 Å². The molecule has 1 fully saturated rings. The van der Waals surface area contributed by atoms with Crippen LogP contribution in [0.15, 0.2) is 59.6 Å². The van der Waals surface area contributed by atoms with E-state index in [0.717, 1.165) is 36.0 Å². The van der Waals surface area contributed by atoms with Crippen molar-refractivity contribution in [2.24, 2.45) is 16.3 Å². The van der Waals surface area contributed by atoms with Gasteiger partial charge in [0.05, 0.1) is 0 Å². The van der Waals surface area contributed by atoms with Gasteiger partial charge < -0.3 is 10.2 Å². The minimum Gasteiger partial charge on any atom is -0.341 e. The maximum atomic E-state index is 5.80. The maximum Gasteiger partial charge on any atom is 0.202 e. The summed E-state index contributed by atoms with van der Waals surface area (Å²) in [5.41, 5.74) is 3.61. The molecule has 0 atom stereocenters. The highest BCUT2D eigenvalue weighted by molar-refractivity contribution is 7.80. The first kappa shape index (κ1) is 20.1. The third-order valence-electron chi connectivity index (χ3n) is 6.72. The van der Waals surface area contributed by atoms with Crippen molar-refractivity contribution >= 4 is 34.5 Å². The van der Waals surface area contributed by atoms with Gasteiger partial charge in [-0.25, -0.2) is 4.99 Å². The molecule has 2 aromatic carbocycles. The molecule has 4 rings (SSSR count). The fourth-order valence-electron chi connectivity index (χ4n) is 4.88. The van der Waals surface area contributed by atoms with Gasteiger partial charge in [0.1, 0.15) is 11.4 Å². The van der Waals surface area contributed by atoms with E-state index in [0.29, 0.717) is 10.5 Å². The van der Waals surface area contributed by atoms with Gasteiger partial charge in [0.15, 0.2) is 0 Å². The van der Waals surface area contributed by atoms with Crippen LogP contribution in [0.2, 0.25) is 0 Å². The number of aliphatic imine (C=N–C) groups is 1. The van der Waals surface area contributed by atoms with Crippen LogP contribution in [0.3, 0.4) is 0 Å². The second kappa shape index (κ2) is 7.56. The van der Waals surface area contributed by atoms with Gasteiger partial charge in [-0.2, -0.15) is 0 Å². The highest BCUT2D eigenvalue weighted by Gasteiger charge is 2.51. The lowest BCUT2D eigenvalue weighted by atomic mass is 9.66. The Morgan fingerprint density at radius 2 is 1.62 bits per heavy atom. The second-order valence-electron chi connectivity index (χ2n) is 9.53. The van der Waals surface area contributed by atoms with Gasteiger partial charge in [0, 0.05) is 11.4 Å². The summed E-state index contributed by atoms with van der Waals surface area (Å²) in [6, 6.07) is 18.9. The molecule has 29 heavy (non-hydrogen) atoms. The molecule has 2 aromatic rings. The van der Waals surface area contributed by atoms with Gasteiger partial charge in [-0.3, -0.25) is 0 Å². The maximum absolute atomic E-state index is 5.80. The molecule has 0 aromatic heterocycles. The predicted octanol–water partition coefficient (Wildman–Crippen LogP) is 6.59. The molecule has 1 heterocycles. The molecule has 2 aliphatic rings. The van der Waals surface area contributed by atoms with Crippen molar-refractivity contribution in [3.63, 3.8) is 0 Å². The number of anilines is 2. The zero-order chi connectivity index (χ0) is 20.6. The molecule has 0 unspecified atom stereocenters. The van der Waals surface area contributed by atoms with Gasteiger partial charge in [-0.1, -0.05) is 57.2 Å². The number of rotatable bonds is 2. The van der Waals surface area contributed by atoms with Crippen molar-refractivity contribution in [3.8, 4) is 0 Å². The Kier molecular flexibility index (Phi) is 5.24. The molecule has 1 aliphatic carbocycles. The lowest BCUT2D eigenvalue weighted by molar-refractivity contribution is 0.158. The van der Waals surface area contributed by atoms with E-state index in [1.807, 2.05) is 0 Å². The molecule has 0 amide bonds. The molecule has 3 nitrogen and oxygen atoms in total. The number of thiocarbonyl (C=S) groups is 1. The summed E-state index contributed by atoms with van der Waals surface area (Å²) in [4.78, 5) is 7.22. The number of nitrogens with one attached hydrogen (secondary N) is 1. The van der Waals surface area contributed by atoms with Gasteiger partial charge in [0.2, 0.25) is 5.11 Å². The Bertz CT molecular complexity index is 919. The monoisotopic (exact) mass is 405 g/mol. The molecule has 0 radical (unpaired) electrons. The summed E-state index contributed by atoms with van der Waals surface area (Å²) < 4.78 is 0. The SMILES string of the molecule is Cc1ccccc1NC1=NC(=S)N(c2ccccc2)C12CCC(C(C)(C)C)CC2. The normalized spacial score (nSPS) is 24.7. The van der Waals surface area contributed by atoms with E-state index < -0.39 is 0 Å². The summed E-state index contributed by atoms with van der Waals surface area (Å²) in [5.74, 6) is 1.73. The van der Waals surface area contributed by atoms with Crippen molar-refractivity contribution in [3.05, 3.63) is 60.2 Å². The predicted molar refractivity (Wildman–Crippen MR) is 128 cm³/mol. The third-order valence-corrected chi connectivity index (χ3v) is 6.99. The summed E-state index contributed by atoms with van der Waals surface area (Å²) in [6.07, 6.45) is 4.48. The first-order valence-electron chi connectivity index (χ1n) is 10.6. The number of nitrogens with zero attached hydrogens (tertiary/aromatic N) is 2. The fraction of sp³-hybridized carbons (Fsp3) is 0.440. The van der Waals surface area contributed by atoms with Gasteiger partial charge in [0.25, 0.3) is 0 Å². The van der Waals surface area contributed by atoms with Crippen LogP contribution in [-0.4, -0.2) is 16.5 Å². The number of hydrogen-bond acceptors (Lipinski definition) is 2. The summed E-state index contributed by atoms with van der Waals surface area (Å²) in [5, 5.41) is 4.34. The lowest BCUT2D eigenvalue weighted by Crippen LogP contribution is -2.56. The topological polar surface area (TPSA) is 27.6 Å². The fourth-order valence-corrected chi connectivity index (χ4v) is 5.25. The van der Waals surface area contributed by atoms with Gasteiger partial charge >= 0.3 is 0 Å². The molecule has 1 N–H and O–H groups in total. The van der Waals surface area contributed by atoms with E-state index in [4.69, 9.17) is 17.2 Å². The second-order valence-corrected chi connectivity index (χ2v) is 9.89. The average Bonchev–Trinajstić information content (AvgIpc) is 2.94. The number of amidine groups is 1. The Morgan fingerprint density at radius 1 is 1.00 bits per heavy atom. The molecule has 4 heteroatoms. The highest BCUT2D eigenvalue weighted by atomic mass is 32.1. The Labute approximate surface area is 180 Å². The average molecular weight is 406 g/mol. The van der Waals surface area contributed by atoms with Crippen LogP contribution in [0.1, 0.15) is 52.0 Å². The van der Waals surface area contributed by atoms with Crippen LogP contribution >= 0.6 is 12.2 Å². The molecule has 0 bridgehead atoms. The quantitative estimate of drug-likeness (QED) is 0.571. The minimum atomic E-state index is -0.192. The van der Waals surface area contributed by atoms with Crippen LogP contribution in [-0.2, 0) is 0 Å².